The van der Waals surface area contributed by atoms with Gasteiger partial charge in [-0.05, 0) is 43.7 Å². The number of nitrogens with zero attached hydrogens (tertiary/aromatic N) is 2. The third-order valence-corrected chi connectivity index (χ3v) is 5.55. The first-order valence-corrected chi connectivity index (χ1v) is 9.36. The number of aromatic nitrogens is 1. The summed E-state index contributed by atoms with van der Waals surface area (Å²) in [6.45, 7) is 4.43. The van der Waals surface area contributed by atoms with Crippen molar-refractivity contribution in [1.29, 1.82) is 0 Å². The second-order valence-corrected chi connectivity index (χ2v) is 7.75. The monoisotopic (exact) mass is 365 g/mol. The lowest BCUT2D eigenvalue weighted by Gasteiger charge is -2.16. The number of anilines is 2. The van der Waals surface area contributed by atoms with Crippen molar-refractivity contribution in [2.24, 2.45) is 5.92 Å². The van der Waals surface area contributed by atoms with E-state index in [1.165, 1.54) is 11.3 Å². The van der Waals surface area contributed by atoms with Crippen molar-refractivity contribution in [1.82, 2.24) is 4.98 Å². The first-order chi connectivity index (χ1) is 12.5. The molecule has 5 nitrogen and oxygen atoms in total. The maximum absolute atomic E-state index is 12.6. The molecule has 6 heteroatoms. The first kappa shape index (κ1) is 16.7. The molecule has 2 amide bonds. The predicted molar refractivity (Wildman–Crippen MR) is 105 cm³/mol. The number of rotatable bonds is 3. The van der Waals surface area contributed by atoms with E-state index in [2.05, 4.69) is 16.4 Å². The Hall–Kier alpha value is -2.73. The molecule has 2 heterocycles. The van der Waals surface area contributed by atoms with Gasteiger partial charge in [0.1, 0.15) is 0 Å². The predicted octanol–water partition coefficient (Wildman–Crippen LogP) is 3.90. The van der Waals surface area contributed by atoms with Crippen LogP contribution < -0.4 is 10.2 Å². The number of hydrogen-bond donors (Lipinski definition) is 1. The van der Waals surface area contributed by atoms with Crippen LogP contribution in [0.3, 0.4) is 0 Å². The molecule has 0 aliphatic carbocycles. The maximum Gasteiger partial charge on any atom is 0.231 e. The molecule has 1 aromatic heterocycles. The summed E-state index contributed by atoms with van der Waals surface area (Å²) in [4.78, 5) is 31.1. The molecule has 0 radical (unpaired) electrons. The summed E-state index contributed by atoms with van der Waals surface area (Å²) in [5.74, 6) is -0.532. The van der Waals surface area contributed by atoms with E-state index in [1.54, 1.807) is 4.90 Å². The van der Waals surface area contributed by atoms with Crippen molar-refractivity contribution < 1.29 is 9.59 Å². The van der Waals surface area contributed by atoms with Crippen LogP contribution in [-0.2, 0) is 9.59 Å². The summed E-state index contributed by atoms with van der Waals surface area (Å²) < 4.78 is 1.05. The van der Waals surface area contributed by atoms with Crippen LogP contribution >= 0.6 is 11.3 Å². The Bertz CT molecular complexity index is 994. The molecule has 0 spiro atoms. The summed E-state index contributed by atoms with van der Waals surface area (Å²) in [5, 5.41) is 3.46. The Balaban J connectivity index is 1.48. The summed E-state index contributed by atoms with van der Waals surface area (Å²) in [6.07, 6.45) is 0.226. The number of thiazole rings is 1. The topological polar surface area (TPSA) is 62.3 Å². The van der Waals surface area contributed by atoms with E-state index in [0.717, 1.165) is 27.0 Å². The van der Waals surface area contributed by atoms with Crippen molar-refractivity contribution in [2.45, 2.75) is 20.3 Å². The van der Waals surface area contributed by atoms with Crippen molar-refractivity contribution >= 4 is 44.2 Å². The lowest BCUT2D eigenvalue weighted by Crippen LogP contribution is -2.28. The van der Waals surface area contributed by atoms with Crippen molar-refractivity contribution in [3.63, 3.8) is 0 Å². The fourth-order valence-electron chi connectivity index (χ4n) is 3.15. The Labute approximate surface area is 155 Å². The third kappa shape index (κ3) is 3.20. The first-order valence-electron chi connectivity index (χ1n) is 8.55. The van der Waals surface area contributed by atoms with Crippen molar-refractivity contribution in [3.8, 4) is 0 Å². The van der Waals surface area contributed by atoms with Gasteiger partial charge >= 0.3 is 0 Å². The van der Waals surface area contributed by atoms with Gasteiger partial charge < -0.3 is 10.2 Å². The minimum atomic E-state index is -0.363. The molecule has 132 valence electrons. The molecule has 1 aliphatic heterocycles. The van der Waals surface area contributed by atoms with Crippen LogP contribution in [0, 0.1) is 19.8 Å². The minimum Gasteiger partial charge on any atom is -0.312 e. The number of carbonyl (C=O) groups excluding carboxylic acids is 2. The van der Waals surface area contributed by atoms with Gasteiger partial charge in [0.15, 0.2) is 5.13 Å². The van der Waals surface area contributed by atoms with Gasteiger partial charge in [-0.3, -0.25) is 9.59 Å². The molecule has 1 N–H and O–H groups in total. The molecule has 4 rings (SSSR count). The summed E-state index contributed by atoms with van der Waals surface area (Å²) in [6, 6.07) is 13.8. The fourth-order valence-corrected chi connectivity index (χ4v) is 4.12. The standard InChI is InChI=1S/C20H19N3O2S/c1-12-3-6-15(7-4-12)23-11-14(10-18(23)24)19(25)22-20-21-16-8-5-13(2)9-17(16)26-20/h3-9,14H,10-11H2,1-2H3,(H,21,22,25)/t14-/m1/s1. The second-order valence-electron chi connectivity index (χ2n) is 6.72. The Kier molecular flexibility index (Phi) is 4.20. The molecule has 1 saturated heterocycles. The third-order valence-electron chi connectivity index (χ3n) is 4.62. The molecule has 1 aliphatic rings. The highest BCUT2D eigenvalue weighted by Crippen LogP contribution is 2.29. The smallest absolute Gasteiger partial charge is 0.231 e. The lowest BCUT2D eigenvalue weighted by molar-refractivity contribution is -0.122. The Morgan fingerprint density at radius 3 is 2.65 bits per heavy atom. The number of amides is 2. The molecule has 0 saturated carbocycles. The molecular weight excluding hydrogens is 346 g/mol. The number of hydrogen-bond acceptors (Lipinski definition) is 4. The SMILES string of the molecule is Cc1ccc(N2C[C@H](C(=O)Nc3nc4ccc(C)cc4s3)CC2=O)cc1. The average Bonchev–Trinajstić information content (AvgIpc) is 3.18. The number of fused-ring (bicyclic) bond motifs is 1. The van der Waals surface area contributed by atoms with E-state index in [1.807, 2.05) is 50.2 Å². The molecule has 2 aromatic carbocycles. The number of aryl methyl sites for hydroxylation is 2. The Morgan fingerprint density at radius 2 is 1.88 bits per heavy atom. The summed E-state index contributed by atoms with van der Waals surface area (Å²) in [7, 11) is 0. The van der Waals surface area contributed by atoms with E-state index in [4.69, 9.17) is 0 Å². The number of nitrogens with one attached hydrogen (secondary N) is 1. The molecular formula is C20H19N3O2S. The van der Waals surface area contributed by atoms with Crippen LogP contribution in [-0.4, -0.2) is 23.3 Å². The molecule has 1 fully saturated rings. The zero-order valence-electron chi connectivity index (χ0n) is 14.7. The minimum absolute atomic E-state index is 0.0195. The van der Waals surface area contributed by atoms with Crippen LogP contribution in [0.5, 0.6) is 0 Å². The van der Waals surface area contributed by atoms with Gasteiger partial charge in [0.05, 0.1) is 16.1 Å². The van der Waals surface area contributed by atoms with Crippen LogP contribution in [0.2, 0.25) is 0 Å². The second kappa shape index (κ2) is 6.53. The molecule has 1 atom stereocenters. The molecule has 0 bridgehead atoms. The van der Waals surface area contributed by atoms with E-state index in [0.29, 0.717) is 11.7 Å². The van der Waals surface area contributed by atoms with Gasteiger partial charge in [-0.25, -0.2) is 4.98 Å². The fraction of sp³-hybridized carbons (Fsp3) is 0.250. The van der Waals surface area contributed by atoms with Crippen LogP contribution in [0.4, 0.5) is 10.8 Å². The maximum atomic E-state index is 12.6. The molecule has 3 aromatic rings. The molecule has 26 heavy (non-hydrogen) atoms. The largest absolute Gasteiger partial charge is 0.312 e. The Morgan fingerprint density at radius 1 is 1.15 bits per heavy atom. The van der Waals surface area contributed by atoms with Gasteiger partial charge in [0.25, 0.3) is 0 Å². The van der Waals surface area contributed by atoms with E-state index >= 15 is 0 Å². The normalized spacial score (nSPS) is 17.1. The van der Waals surface area contributed by atoms with E-state index in [9.17, 15) is 9.59 Å². The zero-order valence-corrected chi connectivity index (χ0v) is 15.5. The summed E-state index contributed by atoms with van der Waals surface area (Å²) >= 11 is 1.46. The van der Waals surface area contributed by atoms with Gasteiger partial charge in [-0.1, -0.05) is 35.1 Å². The average molecular weight is 365 g/mol. The summed E-state index contributed by atoms with van der Waals surface area (Å²) in [5.41, 5.74) is 4.01. The quantitative estimate of drug-likeness (QED) is 0.765. The highest BCUT2D eigenvalue weighted by atomic mass is 32.1. The van der Waals surface area contributed by atoms with E-state index < -0.39 is 0 Å². The molecule has 0 unspecified atom stereocenters. The lowest BCUT2D eigenvalue weighted by atomic mass is 10.1. The van der Waals surface area contributed by atoms with Crippen molar-refractivity contribution in [3.05, 3.63) is 53.6 Å². The van der Waals surface area contributed by atoms with Gasteiger partial charge in [-0.2, -0.15) is 0 Å². The highest BCUT2D eigenvalue weighted by Gasteiger charge is 2.35. The van der Waals surface area contributed by atoms with Crippen LogP contribution in [0.1, 0.15) is 17.5 Å². The van der Waals surface area contributed by atoms with Crippen molar-refractivity contribution in [2.75, 3.05) is 16.8 Å². The van der Waals surface area contributed by atoms with Crippen LogP contribution in [0.15, 0.2) is 42.5 Å². The van der Waals surface area contributed by atoms with Crippen LogP contribution in [0.25, 0.3) is 10.2 Å². The van der Waals surface area contributed by atoms with Gasteiger partial charge in [0, 0.05) is 18.7 Å². The highest BCUT2D eigenvalue weighted by molar-refractivity contribution is 7.22. The van der Waals surface area contributed by atoms with Gasteiger partial charge in [0.2, 0.25) is 11.8 Å². The van der Waals surface area contributed by atoms with Gasteiger partial charge in [-0.15, -0.1) is 0 Å². The zero-order chi connectivity index (χ0) is 18.3. The number of benzene rings is 2. The van der Waals surface area contributed by atoms with E-state index in [-0.39, 0.29) is 24.2 Å². The number of carbonyl (C=O) groups is 2.